The summed E-state index contributed by atoms with van der Waals surface area (Å²) < 4.78 is 11.1. The van der Waals surface area contributed by atoms with Gasteiger partial charge in [0.1, 0.15) is 13.2 Å². The molecule has 1 atom stereocenters. The van der Waals surface area contributed by atoms with Crippen LogP contribution in [-0.4, -0.2) is 19.2 Å². The topological polar surface area (TPSA) is 59.6 Å². The maximum atomic E-state index is 12.0. The normalized spacial score (nSPS) is 14.0. The van der Waals surface area contributed by atoms with Crippen molar-refractivity contribution in [2.24, 2.45) is 0 Å². The van der Waals surface area contributed by atoms with Crippen LogP contribution in [0.4, 0.5) is 4.79 Å². The second-order valence-electron chi connectivity index (χ2n) is 5.44. The van der Waals surface area contributed by atoms with Gasteiger partial charge >= 0.3 is 6.03 Å². The van der Waals surface area contributed by atoms with E-state index in [-0.39, 0.29) is 12.1 Å². The summed E-state index contributed by atoms with van der Waals surface area (Å²) in [6.07, 6.45) is 0. The molecule has 0 saturated heterocycles. The molecular weight excluding hydrogens is 292 g/mol. The Labute approximate surface area is 135 Å². The Hall–Kier alpha value is -2.69. The molecule has 2 amide bonds. The number of ether oxygens (including phenoxy) is 2. The summed E-state index contributed by atoms with van der Waals surface area (Å²) in [4.78, 5) is 12.0. The van der Waals surface area contributed by atoms with Crippen molar-refractivity contribution in [1.82, 2.24) is 10.6 Å². The summed E-state index contributed by atoms with van der Waals surface area (Å²) in [5, 5.41) is 5.78. The maximum absolute atomic E-state index is 12.0. The van der Waals surface area contributed by atoms with E-state index in [2.05, 4.69) is 10.6 Å². The molecule has 0 aliphatic carbocycles. The van der Waals surface area contributed by atoms with Gasteiger partial charge in [-0.1, -0.05) is 36.4 Å². The van der Waals surface area contributed by atoms with Crippen molar-refractivity contribution in [3.63, 3.8) is 0 Å². The van der Waals surface area contributed by atoms with Crippen LogP contribution in [-0.2, 0) is 6.54 Å². The lowest BCUT2D eigenvalue weighted by Crippen LogP contribution is -2.36. The molecule has 1 heterocycles. The number of rotatable bonds is 4. The van der Waals surface area contributed by atoms with Gasteiger partial charge < -0.3 is 20.1 Å². The molecule has 2 aromatic rings. The average Bonchev–Trinajstić information content (AvgIpc) is 2.60. The number of amides is 2. The molecule has 2 aromatic carbocycles. The van der Waals surface area contributed by atoms with Crippen LogP contribution in [0, 0.1) is 0 Å². The van der Waals surface area contributed by atoms with Crippen LogP contribution in [0.1, 0.15) is 24.1 Å². The van der Waals surface area contributed by atoms with Gasteiger partial charge in [-0.2, -0.15) is 0 Å². The summed E-state index contributed by atoms with van der Waals surface area (Å²) in [5.41, 5.74) is 2.04. The van der Waals surface area contributed by atoms with Crippen molar-refractivity contribution in [3.05, 3.63) is 59.7 Å². The first-order chi connectivity index (χ1) is 11.2. The number of benzene rings is 2. The van der Waals surface area contributed by atoms with E-state index in [0.717, 1.165) is 22.6 Å². The fourth-order valence-electron chi connectivity index (χ4n) is 2.44. The lowest BCUT2D eigenvalue weighted by molar-refractivity contribution is 0.171. The second-order valence-corrected chi connectivity index (χ2v) is 5.44. The molecule has 1 aliphatic rings. The maximum Gasteiger partial charge on any atom is 0.315 e. The van der Waals surface area contributed by atoms with Crippen molar-refractivity contribution in [1.29, 1.82) is 0 Å². The first-order valence-electron chi connectivity index (χ1n) is 7.70. The van der Waals surface area contributed by atoms with Gasteiger partial charge in [0.15, 0.2) is 11.5 Å². The number of nitrogens with one attached hydrogen (secondary N) is 2. The van der Waals surface area contributed by atoms with E-state index in [1.54, 1.807) is 0 Å². The third kappa shape index (κ3) is 3.94. The molecule has 120 valence electrons. The lowest BCUT2D eigenvalue weighted by atomic mass is 10.1. The Morgan fingerprint density at radius 2 is 1.83 bits per heavy atom. The van der Waals surface area contributed by atoms with Crippen LogP contribution >= 0.6 is 0 Å². The largest absolute Gasteiger partial charge is 0.486 e. The van der Waals surface area contributed by atoms with Crippen LogP contribution in [0.2, 0.25) is 0 Å². The van der Waals surface area contributed by atoms with Gasteiger partial charge in [0.2, 0.25) is 0 Å². The Balaban J connectivity index is 1.56. The standard InChI is InChI=1S/C18H20N2O3/c1-13(15-7-8-16-17(11-15)23-10-9-22-16)20-18(21)19-12-14-5-3-2-4-6-14/h2-8,11,13H,9-10,12H2,1H3,(H2,19,20,21). The minimum absolute atomic E-state index is 0.124. The monoisotopic (exact) mass is 312 g/mol. The quantitative estimate of drug-likeness (QED) is 0.912. The highest BCUT2D eigenvalue weighted by molar-refractivity contribution is 5.74. The zero-order valence-corrected chi connectivity index (χ0v) is 13.0. The van der Waals surface area contributed by atoms with Crippen molar-refractivity contribution >= 4 is 6.03 Å². The van der Waals surface area contributed by atoms with Crippen LogP contribution in [0.15, 0.2) is 48.5 Å². The first-order valence-corrected chi connectivity index (χ1v) is 7.70. The summed E-state index contributed by atoms with van der Waals surface area (Å²) >= 11 is 0. The summed E-state index contributed by atoms with van der Waals surface area (Å²) in [5.74, 6) is 1.48. The Morgan fingerprint density at radius 3 is 2.61 bits per heavy atom. The predicted octanol–water partition coefficient (Wildman–Crippen LogP) is 3.02. The van der Waals surface area contributed by atoms with E-state index < -0.39 is 0 Å². The number of carbonyl (C=O) groups excluding carboxylic acids is 1. The van der Waals surface area contributed by atoms with Crippen LogP contribution in [0.5, 0.6) is 11.5 Å². The van der Waals surface area contributed by atoms with Gasteiger partial charge in [-0.15, -0.1) is 0 Å². The highest BCUT2D eigenvalue weighted by Gasteiger charge is 2.15. The molecule has 2 N–H and O–H groups in total. The number of hydrogen-bond acceptors (Lipinski definition) is 3. The van der Waals surface area contributed by atoms with Gasteiger partial charge in [-0.25, -0.2) is 4.79 Å². The zero-order valence-electron chi connectivity index (χ0n) is 13.0. The summed E-state index contributed by atoms with van der Waals surface area (Å²) in [6.45, 7) is 3.56. The van der Waals surface area contributed by atoms with Gasteiger partial charge in [-0.3, -0.25) is 0 Å². The highest BCUT2D eigenvalue weighted by atomic mass is 16.6. The molecule has 0 spiro atoms. The number of urea groups is 1. The van der Waals surface area contributed by atoms with E-state index in [0.29, 0.717) is 19.8 Å². The van der Waals surface area contributed by atoms with Gasteiger partial charge in [0.05, 0.1) is 6.04 Å². The zero-order chi connectivity index (χ0) is 16.1. The van der Waals surface area contributed by atoms with Crippen LogP contribution in [0.3, 0.4) is 0 Å². The number of carbonyl (C=O) groups is 1. The minimum atomic E-state index is -0.198. The van der Waals surface area contributed by atoms with Gasteiger partial charge in [-0.05, 0) is 30.2 Å². The Bertz CT molecular complexity index is 673. The molecule has 0 bridgehead atoms. The molecule has 3 rings (SSSR count). The number of fused-ring (bicyclic) bond motifs is 1. The third-order valence-corrected chi connectivity index (χ3v) is 3.71. The molecule has 0 fully saturated rings. The predicted molar refractivity (Wildman–Crippen MR) is 87.7 cm³/mol. The van der Waals surface area contributed by atoms with Crippen molar-refractivity contribution in [3.8, 4) is 11.5 Å². The molecule has 5 nitrogen and oxygen atoms in total. The summed E-state index contributed by atoms with van der Waals surface area (Å²) in [6, 6.07) is 15.2. The van der Waals surface area contributed by atoms with E-state index in [1.807, 2.05) is 55.5 Å². The Kier molecular flexibility index (Phi) is 4.66. The highest BCUT2D eigenvalue weighted by Crippen LogP contribution is 2.32. The van der Waals surface area contributed by atoms with Crippen molar-refractivity contribution in [2.45, 2.75) is 19.5 Å². The molecule has 5 heteroatoms. The minimum Gasteiger partial charge on any atom is -0.486 e. The molecule has 0 radical (unpaired) electrons. The smallest absolute Gasteiger partial charge is 0.315 e. The van der Waals surface area contributed by atoms with E-state index >= 15 is 0 Å². The fraction of sp³-hybridized carbons (Fsp3) is 0.278. The average molecular weight is 312 g/mol. The van der Waals surface area contributed by atoms with Crippen molar-refractivity contribution < 1.29 is 14.3 Å². The van der Waals surface area contributed by atoms with Gasteiger partial charge in [0, 0.05) is 6.54 Å². The van der Waals surface area contributed by atoms with Gasteiger partial charge in [0.25, 0.3) is 0 Å². The third-order valence-electron chi connectivity index (χ3n) is 3.71. The Morgan fingerprint density at radius 1 is 1.09 bits per heavy atom. The summed E-state index contributed by atoms with van der Waals surface area (Å²) in [7, 11) is 0. The van der Waals surface area contributed by atoms with E-state index in [4.69, 9.17) is 9.47 Å². The molecule has 0 aromatic heterocycles. The SMILES string of the molecule is CC(NC(=O)NCc1ccccc1)c1ccc2c(c1)OCCO2. The van der Waals surface area contributed by atoms with Crippen LogP contribution in [0.25, 0.3) is 0 Å². The van der Waals surface area contributed by atoms with E-state index in [1.165, 1.54) is 0 Å². The van der Waals surface area contributed by atoms with E-state index in [9.17, 15) is 4.79 Å². The molecular formula is C18H20N2O3. The lowest BCUT2D eigenvalue weighted by Gasteiger charge is -2.21. The molecule has 23 heavy (non-hydrogen) atoms. The first kappa shape index (κ1) is 15.2. The number of hydrogen-bond donors (Lipinski definition) is 2. The molecule has 0 saturated carbocycles. The second kappa shape index (κ2) is 7.05. The molecule has 1 unspecified atom stereocenters. The van der Waals surface area contributed by atoms with Crippen molar-refractivity contribution in [2.75, 3.05) is 13.2 Å². The fourth-order valence-corrected chi connectivity index (χ4v) is 2.44. The van der Waals surface area contributed by atoms with Crippen LogP contribution < -0.4 is 20.1 Å². The molecule has 1 aliphatic heterocycles.